The second-order valence-electron chi connectivity index (χ2n) is 7.94. The van der Waals surface area contributed by atoms with Crippen molar-refractivity contribution >= 4 is 10.9 Å². The van der Waals surface area contributed by atoms with Crippen LogP contribution >= 0.6 is 0 Å². The van der Waals surface area contributed by atoms with E-state index in [-0.39, 0.29) is 6.04 Å². The van der Waals surface area contributed by atoms with Crippen LogP contribution in [-0.2, 0) is 19.1 Å². The van der Waals surface area contributed by atoms with Gasteiger partial charge >= 0.3 is 6.18 Å². The van der Waals surface area contributed by atoms with Gasteiger partial charge in [0.2, 0.25) is 0 Å². The second kappa shape index (κ2) is 6.85. The lowest BCUT2D eigenvalue weighted by atomic mass is 9.95. The molecule has 1 aromatic carbocycles. The van der Waals surface area contributed by atoms with Gasteiger partial charge in [-0.05, 0) is 60.8 Å². The van der Waals surface area contributed by atoms with Crippen LogP contribution in [0.1, 0.15) is 47.4 Å². The Balaban J connectivity index is 1.66. The maximum absolute atomic E-state index is 13.4. The summed E-state index contributed by atoms with van der Waals surface area (Å²) in [7, 11) is 0. The van der Waals surface area contributed by atoms with E-state index in [2.05, 4.69) is 9.88 Å². The summed E-state index contributed by atoms with van der Waals surface area (Å²) in [6, 6.07) is 7.71. The van der Waals surface area contributed by atoms with Crippen molar-refractivity contribution in [2.24, 2.45) is 0 Å². The average molecular weight is 401 g/mol. The van der Waals surface area contributed by atoms with Crippen molar-refractivity contribution < 1.29 is 18.3 Å². The number of alkyl halides is 3. The molecule has 3 aromatic rings. The van der Waals surface area contributed by atoms with E-state index in [0.29, 0.717) is 11.9 Å². The summed E-state index contributed by atoms with van der Waals surface area (Å²) in [5, 5.41) is 11.5. The topological polar surface area (TPSA) is 41.3 Å². The SMILES string of the molecule is OC(Cn1c2c(c3cc(C(F)(F)F)ccc31)C1CCCN1CC2)c1ccncc1. The molecule has 0 radical (unpaired) electrons. The molecule has 2 aromatic heterocycles. The van der Waals surface area contributed by atoms with Gasteiger partial charge in [0, 0.05) is 48.0 Å². The summed E-state index contributed by atoms with van der Waals surface area (Å²) in [5.41, 5.74) is 2.99. The summed E-state index contributed by atoms with van der Waals surface area (Å²) >= 11 is 0. The Bertz CT molecular complexity index is 1040. The van der Waals surface area contributed by atoms with Crippen molar-refractivity contribution in [3.05, 3.63) is 65.1 Å². The third-order valence-corrected chi connectivity index (χ3v) is 6.32. The molecule has 0 spiro atoms. The van der Waals surface area contributed by atoms with E-state index in [1.54, 1.807) is 30.6 Å². The molecule has 152 valence electrons. The first-order valence-electron chi connectivity index (χ1n) is 9.98. The molecule has 0 bridgehead atoms. The maximum atomic E-state index is 13.4. The van der Waals surface area contributed by atoms with Gasteiger partial charge in [-0.1, -0.05) is 0 Å². The molecule has 1 saturated heterocycles. The van der Waals surface area contributed by atoms with Crippen molar-refractivity contribution in [1.82, 2.24) is 14.5 Å². The van der Waals surface area contributed by atoms with Crippen LogP contribution in [-0.4, -0.2) is 32.6 Å². The van der Waals surface area contributed by atoms with E-state index in [0.717, 1.165) is 60.8 Å². The zero-order valence-electron chi connectivity index (χ0n) is 15.9. The highest BCUT2D eigenvalue weighted by molar-refractivity contribution is 5.87. The fourth-order valence-corrected chi connectivity index (χ4v) is 4.99. The normalized spacial score (nSPS) is 20.6. The number of aliphatic hydroxyl groups excluding tert-OH is 1. The lowest BCUT2D eigenvalue weighted by Gasteiger charge is -2.31. The molecule has 29 heavy (non-hydrogen) atoms. The van der Waals surface area contributed by atoms with Crippen LogP contribution < -0.4 is 0 Å². The van der Waals surface area contributed by atoms with E-state index in [1.165, 1.54) is 6.07 Å². The Hall–Kier alpha value is -2.38. The van der Waals surface area contributed by atoms with E-state index >= 15 is 0 Å². The van der Waals surface area contributed by atoms with Crippen molar-refractivity contribution in [2.45, 2.75) is 44.1 Å². The minimum absolute atomic E-state index is 0.170. The molecular weight excluding hydrogens is 379 g/mol. The zero-order valence-corrected chi connectivity index (χ0v) is 15.9. The number of rotatable bonds is 3. The molecular formula is C22H22F3N3O. The molecule has 4 heterocycles. The van der Waals surface area contributed by atoms with Gasteiger partial charge in [0.05, 0.1) is 18.2 Å². The highest BCUT2D eigenvalue weighted by Gasteiger charge is 2.37. The summed E-state index contributed by atoms with van der Waals surface area (Å²) in [4.78, 5) is 6.36. The lowest BCUT2D eigenvalue weighted by Crippen LogP contribution is -2.31. The molecule has 2 unspecified atom stereocenters. The van der Waals surface area contributed by atoms with Gasteiger partial charge in [-0.25, -0.2) is 0 Å². The number of benzene rings is 1. The van der Waals surface area contributed by atoms with Crippen LogP contribution in [0.3, 0.4) is 0 Å². The minimum atomic E-state index is -4.37. The fraction of sp³-hybridized carbons (Fsp3) is 0.409. The third kappa shape index (κ3) is 3.13. The molecule has 4 nitrogen and oxygen atoms in total. The minimum Gasteiger partial charge on any atom is -0.387 e. The van der Waals surface area contributed by atoms with Crippen molar-refractivity contribution in [1.29, 1.82) is 0 Å². The Labute approximate surface area is 166 Å². The van der Waals surface area contributed by atoms with E-state index in [1.807, 2.05) is 4.57 Å². The molecule has 2 aliphatic heterocycles. The van der Waals surface area contributed by atoms with Crippen LogP contribution in [0, 0.1) is 0 Å². The first-order valence-corrected chi connectivity index (χ1v) is 9.98. The van der Waals surface area contributed by atoms with Crippen LogP contribution in [0.25, 0.3) is 10.9 Å². The Morgan fingerprint density at radius 3 is 2.69 bits per heavy atom. The van der Waals surface area contributed by atoms with Crippen molar-refractivity contribution in [3.63, 3.8) is 0 Å². The number of pyridine rings is 1. The van der Waals surface area contributed by atoms with E-state index in [4.69, 9.17) is 0 Å². The Kier molecular flexibility index (Phi) is 4.40. The predicted molar refractivity (Wildman–Crippen MR) is 103 cm³/mol. The first-order chi connectivity index (χ1) is 13.9. The van der Waals surface area contributed by atoms with E-state index in [9.17, 15) is 18.3 Å². The number of halogens is 3. The number of hydrogen-bond donors (Lipinski definition) is 1. The smallest absolute Gasteiger partial charge is 0.387 e. The molecule has 0 aliphatic carbocycles. The van der Waals surface area contributed by atoms with Gasteiger partial charge in [-0.2, -0.15) is 13.2 Å². The highest BCUT2D eigenvalue weighted by Crippen LogP contribution is 2.44. The van der Waals surface area contributed by atoms with Crippen molar-refractivity contribution in [3.8, 4) is 0 Å². The molecule has 0 amide bonds. The van der Waals surface area contributed by atoms with Crippen molar-refractivity contribution in [2.75, 3.05) is 13.1 Å². The molecule has 5 rings (SSSR count). The van der Waals surface area contributed by atoms with Gasteiger partial charge in [0.25, 0.3) is 0 Å². The maximum Gasteiger partial charge on any atom is 0.416 e. The van der Waals surface area contributed by atoms with Crippen LogP contribution in [0.4, 0.5) is 13.2 Å². The summed E-state index contributed by atoms with van der Waals surface area (Å²) in [6.45, 7) is 2.22. The van der Waals surface area contributed by atoms with Gasteiger partial charge in [0.1, 0.15) is 0 Å². The number of nitrogens with zero attached hydrogens (tertiary/aromatic N) is 3. The highest BCUT2D eigenvalue weighted by atomic mass is 19.4. The van der Waals surface area contributed by atoms with Crippen LogP contribution in [0.15, 0.2) is 42.7 Å². The average Bonchev–Trinajstić information content (AvgIpc) is 3.30. The molecule has 2 atom stereocenters. The Morgan fingerprint density at radius 2 is 1.93 bits per heavy atom. The molecule has 1 N–H and O–H groups in total. The number of aromatic nitrogens is 2. The Morgan fingerprint density at radius 1 is 1.14 bits per heavy atom. The van der Waals surface area contributed by atoms with E-state index < -0.39 is 17.8 Å². The van der Waals surface area contributed by atoms with Gasteiger partial charge in [-0.15, -0.1) is 0 Å². The standard InChI is InChI=1S/C22H22F3N3O/c23-22(24,25)15-3-4-17-16(12-15)21-18-2-1-10-27(18)11-7-19(21)28(17)13-20(29)14-5-8-26-9-6-14/h3-6,8-9,12,18,20,29H,1-2,7,10-11,13H2. The number of fused-ring (bicyclic) bond motifs is 5. The molecule has 2 aliphatic rings. The van der Waals surface area contributed by atoms with Crippen LogP contribution in [0.5, 0.6) is 0 Å². The largest absolute Gasteiger partial charge is 0.416 e. The monoisotopic (exact) mass is 401 g/mol. The molecule has 0 saturated carbocycles. The lowest BCUT2D eigenvalue weighted by molar-refractivity contribution is -0.137. The predicted octanol–water partition coefficient (Wildman–Crippen LogP) is 4.48. The third-order valence-electron chi connectivity index (χ3n) is 6.32. The summed E-state index contributed by atoms with van der Waals surface area (Å²) in [5.74, 6) is 0. The summed E-state index contributed by atoms with van der Waals surface area (Å²) < 4.78 is 42.2. The van der Waals surface area contributed by atoms with Gasteiger partial charge in [0.15, 0.2) is 0 Å². The number of aliphatic hydroxyl groups is 1. The summed E-state index contributed by atoms with van der Waals surface area (Å²) in [6.07, 6.45) is 0.961. The molecule has 7 heteroatoms. The number of hydrogen-bond acceptors (Lipinski definition) is 3. The molecule has 1 fully saturated rings. The van der Waals surface area contributed by atoms with Gasteiger partial charge < -0.3 is 9.67 Å². The quantitative estimate of drug-likeness (QED) is 0.704. The first kappa shape index (κ1) is 18.6. The second-order valence-corrected chi connectivity index (χ2v) is 7.94. The van der Waals surface area contributed by atoms with Gasteiger partial charge in [-0.3, -0.25) is 9.88 Å². The zero-order chi connectivity index (χ0) is 20.2. The van der Waals surface area contributed by atoms with Crippen LogP contribution in [0.2, 0.25) is 0 Å². The fourth-order valence-electron chi connectivity index (χ4n) is 4.99.